The third-order valence-corrected chi connectivity index (χ3v) is 6.31. The Labute approximate surface area is 133 Å². The van der Waals surface area contributed by atoms with Crippen LogP contribution in [0.3, 0.4) is 0 Å². The predicted octanol–water partition coefficient (Wildman–Crippen LogP) is 5.79. The summed E-state index contributed by atoms with van der Waals surface area (Å²) in [5, 5.41) is 3.89. The van der Waals surface area contributed by atoms with Crippen molar-refractivity contribution in [3.05, 3.63) is 0 Å². The topological polar surface area (TPSA) is 12.0 Å². The number of hydrogen-bond acceptors (Lipinski definition) is 1. The fraction of sp³-hybridized carbons (Fsp3) is 1.00. The molecule has 0 bridgehead atoms. The molecule has 0 spiro atoms. The van der Waals surface area contributed by atoms with Crippen molar-refractivity contribution in [2.45, 2.75) is 97.9 Å². The van der Waals surface area contributed by atoms with Gasteiger partial charge in [0.25, 0.3) is 0 Å². The number of nitrogens with one attached hydrogen (secondary N) is 1. The van der Waals surface area contributed by atoms with Crippen LogP contribution in [0.4, 0.5) is 0 Å². The minimum atomic E-state index is 0.508. The number of hydrogen-bond donors (Lipinski definition) is 1. The molecule has 1 N–H and O–H groups in total. The lowest BCUT2D eigenvalue weighted by Crippen LogP contribution is -2.31. The molecule has 0 saturated heterocycles. The largest absolute Gasteiger partial charge is 0.314 e. The van der Waals surface area contributed by atoms with Crippen molar-refractivity contribution in [3.8, 4) is 0 Å². The van der Waals surface area contributed by atoms with Gasteiger partial charge in [-0.3, -0.25) is 0 Å². The molecule has 0 radical (unpaired) electrons. The van der Waals surface area contributed by atoms with Gasteiger partial charge in [-0.2, -0.15) is 0 Å². The van der Waals surface area contributed by atoms with Crippen LogP contribution in [0.5, 0.6) is 0 Å². The molecule has 1 heteroatoms. The van der Waals surface area contributed by atoms with Gasteiger partial charge in [0.05, 0.1) is 0 Å². The van der Waals surface area contributed by atoms with Crippen LogP contribution in [0, 0.1) is 23.2 Å². The van der Waals surface area contributed by atoms with E-state index in [2.05, 4.69) is 33.0 Å². The first-order chi connectivity index (χ1) is 9.95. The molecule has 0 heterocycles. The molecule has 21 heavy (non-hydrogen) atoms. The summed E-state index contributed by atoms with van der Waals surface area (Å²) in [5.41, 5.74) is 0.508. The van der Waals surface area contributed by atoms with Gasteiger partial charge in [0, 0.05) is 6.04 Å². The van der Waals surface area contributed by atoms with Gasteiger partial charge in [0.15, 0.2) is 0 Å². The zero-order chi connectivity index (χ0) is 15.3. The van der Waals surface area contributed by atoms with Crippen molar-refractivity contribution in [1.29, 1.82) is 0 Å². The van der Waals surface area contributed by atoms with Crippen molar-refractivity contribution in [3.63, 3.8) is 0 Å². The van der Waals surface area contributed by atoms with Gasteiger partial charge >= 0.3 is 0 Å². The summed E-state index contributed by atoms with van der Waals surface area (Å²) in [6.07, 6.45) is 14.5. The second-order valence-electron chi connectivity index (χ2n) is 9.14. The van der Waals surface area contributed by atoms with Crippen LogP contribution in [-0.2, 0) is 0 Å². The van der Waals surface area contributed by atoms with Gasteiger partial charge in [0.1, 0.15) is 0 Å². The first-order valence-electron chi connectivity index (χ1n) is 9.68. The Morgan fingerprint density at radius 2 is 1.57 bits per heavy atom. The van der Waals surface area contributed by atoms with E-state index in [4.69, 9.17) is 0 Å². The monoisotopic (exact) mass is 293 g/mol. The molecule has 2 aliphatic carbocycles. The molecule has 2 fully saturated rings. The van der Waals surface area contributed by atoms with Crippen molar-refractivity contribution < 1.29 is 0 Å². The molecule has 0 aromatic rings. The molecule has 2 atom stereocenters. The van der Waals surface area contributed by atoms with Crippen LogP contribution in [0.25, 0.3) is 0 Å². The maximum atomic E-state index is 3.89. The first-order valence-corrected chi connectivity index (χ1v) is 9.68. The molecular weight excluding hydrogens is 254 g/mol. The van der Waals surface area contributed by atoms with Crippen LogP contribution < -0.4 is 5.32 Å². The third-order valence-electron chi connectivity index (χ3n) is 6.31. The zero-order valence-corrected chi connectivity index (χ0v) is 15.1. The third kappa shape index (κ3) is 5.93. The van der Waals surface area contributed by atoms with Crippen molar-refractivity contribution >= 4 is 0 Å². The molecule has 0 aromatic heterocycles. The van der Waals surface area contributed by atoms with E-state index in [9.17, 15) is 0 Å². The van der Waals surface area contributed by atoms with E-state index < -0.39 is 0 Å². The van der Waals surface area contributed by atoms with Crippen molar-refractivity contribution in [2.24, 2.45) is 23.2 Å². The molecule has 1 nitrogen and oxygen atoms in total. The highest BCUT2D eigenvalue weighted by Crippen LogP contribution is 2.37. The van der Waals surface area contributed by atoms with Crippen LogP contribution in [-0.4, -0.2) is 12.6 Å². The maximum Gasteiger partial charge on any atom is 0.00671 e. The van der Waals surface area contributed by atoms with Crippen LogP contribution >= 0.6 is 0 Å². The Morgan fingerprint density at radius 3 is 2.24 bits per heavy atom. The quantitative estimate of drug-likeness (QED) is 0.647. The SMILES string of the molecule is CC1CCC(CCNC2CCCC(C(C)(C)C)CC2)CC1. The first kappa shape index (κ1) is 17.3. The lowest BCUT2D eigenvalue weighted by molar-refractivity contribution is 0.213. The van der Waals surface area contributed by atoms with Gasteiger partial charge in [-0.15, -0.1) is 0 Å². The van der Waals surface area contributed by atoms with Crippen LogP contribution in [0.1, 0.15) is 91.9 Å². The summed E-state index contributed by atoms with van der Waals surface area (Å²) in [7, 11) is 0. The summed E-state index contributed by atoms with van der Waals surface area (Å²) < 4.78 is 0. The van der Waals surface area contributed by atoms with Crippen LogP contribution in [0.15, 0.2) is 0 Å². The van der Waals surface area contributed by atoms with Crippen LogP contribution in [0.2, 0.25) is 0 Å². The van der Waals surface area contributed by atoms with Gasteiger partial charge in [-0.05, 0) is 61.8 Å². The average Bonchev–Trinajstić information content (AvgIpc) is 2.66. The summed E-state index contributed by atoms with van der Waals surface area (Å²) >= 11 is 0. The highest BCUT2D eigenvalue weighted by Gasteiger charge is 2.27. The van der Waals surface area contributed by atoms with Gasteiger partial charge in [-0.25, -0.2) is 0 Å². The summed E-state index contributed by atoms with van der Waals surface area (Å²) in [5.74, 6) is 2.94. The van der Waals surface area contributed by atoms with E-state index in [1.165, 1.54) is 70.8 Å². The normalized spacial score (nSPS) is 35.4. The van der Waals surface area contributed by atoms with Crippen molar-refractivity contribution in [2.75, 3.05) is 6.54 Å². The van der Waals surface area contributed by atoms with Gasteiger partial charge in [0.2, 0.25) is 0 Å². The minimum Gasteiger partial charge on any atom is -0.314 e. The van der Waals surface area contributed by atoms with E-state index in [0.29, 0.717) is 5.41 Å². The van der Waals surface area contributed by atoms with Gasteiger partial charge in [-0.1, -0.05) is 59.8 Å². The minimum absolute atomic E-state index is 0.508. The molecular formula is C20H39N. The Bertz CT molecular complexity index is 283. The summed E-state index contributed by atoms with van der Waals surface area (Å²) in [4.78, 5) is 0. The highest BCUT2D eigenvalue weighted by molar-refractivity contribution is 4.81. The Morgan fingerprint density at radius 1 is 0.857 bits per heavy atom. The predicted molar refractivity (Wildman–Crippen MR) is 93.6 cm³/mol. The molecule has 0 aromatic carbocycles. The fourth-order valence-electron chi connectivity index (χ4n) is 4.48. The zero-order valence-electron chi connectivity index (χ0n) is 15.1. The van der Waals surface area contributed by atoms with E-state index in [0.717, 1.165) is 23.8 Å². The molecule has 2 aliphatic rings. The standard InChI is InChI=1S/C20H39N/c1-16-8-10-17(11-9-16)14-15-21-19-7-5-6-18(12-13-19)20(2,3)4/h16-19,21H,5-15H2,1-4H3. The lowest BCUT2D eigenvalue weighted by Gasteiger charge is -2.30. The summed E-state index contributed by atoms with van der Waals surface area (Å²) in [6.45, 7) is 11.0. The van der Waals surface area contributed by atoms with Gasteiger partial charge < -0.3 is 5.32 Å². The van der Waals surface area contributed by atoms with Crippen molar-refractivity contribution in [1.82, 2.24) is 5.32 Å². The Kier molecular flexibility index (Phi) is 6.59. The number of rotatable bonds is 4. The summed E-state index contributed by atoms with van der Waals surface area (Å²) in [6, 6.07) is 0.805. The second kappa shape index (κ2) is 7.99. The fourth-order valence-corrected chi connectivity index (χ4v) is 4.48. The molecule has 0 aliphatic heterocycles. The second-order valence-corrected chi connectivity index (χ2v) is 9.14. The van der Waals surface area contributed by atoms with E-state index in [1.54, 1.807) is 0 Å². The molecule has 2 unspecified atom stereocenters. The van der Waals surface area contributed by atoms with E-state index >= 15 is 0 Å². The molecule has 2 rings (SSSR count). The Balaban J connectivity index is 1.63. The molecule has 124 valence electrons. The molecule has 0 amide bonds. The maximum absolute atomic E-state index is 3.89. The smallest absolute Gasteiger partial charge is 0.00671 e. The lowest BCUT2D eigenvalue weighted by atomic mass is 9.76. The van der Waals surface area contributed by atoms with E-state index in [-0.39, 0.29) is 0 Å². The Hall–Kier alpha value is -0.0400. The highest BCUT2D eigenvalue weighted by atomic mass is 14.9. The average molecular weight is 294 g/mol. The van der Waals surface area contributed by atoms with E-state index in [1.807, 2.05) is 0 Å². The molecule has 2 saturated carbocycles.